The number of rotatable bonds is 4. The number of carbonyl (C=O) groups is 2. The molecule has 1 aliphatic heterocycles. The van der Waals surface area contributed by atoms with Gasteiger partial charge in [-0.3, -0.25) is 4.79 Å². The Balaban J connectivity index is 1.99. The van der Waals surface area contributed by atoms with E-state index in [0.717, 1.165) is 12.8 Å². The molecule has 0 radical (unpaired) electrons. The van der Waals surface area contributed by atoms with Gasteiger partial charge in [-0.2, -0.15) is 0 Å². The van der Waals surface area contributed by atoms with E-state index in [4.69, 9.17) is 0 Å². The van der Waals surface area contributed by atoms with Crippen molar-refractivity contribution in [2.45, 2.75) is 39.7 Å². The van der Waals surface area contributed by atoms with Crippen molar-refractivity contribution in [1.29, 1.82) is 0 Å². The normalized spacial score (nSPS) is 18.0. The van der Waals surface area contributed by atoms with Crippen LogP contribution in [0.5, 0.6) is 0 Å². The number of piperidine rings is 1. The zero-order chi connectivity index (χ0) is 15.6. The quantitative estimate of drug-likeness (QED) is 0.928. The number of carbonyl (C=O) groups excluding carboxylic acids is 1. The first-order chi connectivity index (χ1) is 9.91. The first-order valence-corrected chi connectivity index (χ1v) is 7.60. The molecule has 5 heteroatoms. The highest BCUT2D eigenvalue weighted by Gasteiger charge is 2.28. The third-order valence-electron chi connectivity index (χ3n) is 4.56. The van der Waals surface area contributed by atoms with Crippen LogP contribution in [-0.4, -0.2) is 39.5 Å². The SMILES string of the molecule is CC(C)C(C)C(=O)N1CCC(n2cccc2C(=O)O)CC1. The lowest BCUT2D eigenvalue weighted by atomic mass is 9.95. The lowest BCUT2D eigenvalue weighted by Crippen LogP contribution is -2.42. The van der Waals surface area contributed by atoms with Crippen LogP contribution in [0.25, 0.3) is 0 Å². The molecule has 5 nitrogen and oxygen atoms in total. The fourth-order valence-corrected chi connectivity index (χ4v) is 2.83. The molecule has 1 aliphatic rings. The van der Waals surface area contributed by atoms with Crippen LogP contribution in [0.1, 0.15) is 50.1 Å². The standard InChI is InChI=1S/C16H24N2O3/c1-11(2)12(3)15(19)17-9-6-13(7-10-17)18-8-4-5-14(18)16(20)21/h4-5,8,11-13H,6-7,9-10H2,1-3H3,(H,20,21). The van der Waals surface area contributed by atoms with Gasteiger partial charge in [-0.1, -0.05) is 20.8 Å². The summed E-state index contributed by atoms with van der Waals surface area (Å²) in [6.07, 6.45) is 3.44. The Morgan fingerprint density at radius 3 is 2.38 bits per heavy atom. The number of carboxylic acid groups (broad SMARTS) is 1. The molecule has 1 atom stereocenters. The first-order valence-electron chi connectivity index (χ1n) is 7.60. The zero-order valence-electron chi connectivity index (χ0n) is 13.0. The summed E-state index contributed by atoms with van der Waals surface area (Å²) >= 11 is 0. The molecular formula is C16H24N2O3. The van der Waals surface area contributed by atoms with Gasteiger partial charge in [-0.25, -0.2) is 4.79 Å². The molecule has 1 aromatic heterocycles. The fourth-order valence-electron chi connectivity index (χ4n) is 2.83. The van der Waals surface area contributed by atoms with Gasteiger partial charge in [0.25, 0.3) is 0 Å². The van der Waals surface area contributed by atoms with Crippen molar-refractivity contribution in [2.75, 3.05) is 13.1 Å². The smallest absolute Gasteiger partial charge is 0.352 e. The highest BCUT2D eigenvalue weighted by Crippen LogP contribution is 2.26. The number of hydrogen-bond donors (Lipinski definition) is 1. The highest BCUT2D eigenvalue weighted by molar-refractivity contribution is 5.85. The van der Waals surface area contributed by atoms with Crippen molar-refractivity contribution in [3.05, 3.63) is 24.0 Å². The molecule has 1 fully saturated rings. The van der Waals surface area contributed by atoms with Crippen LogP contribution >= 0.6 is 0 Å². The Bertz CT molecular complexity index is 513. The number of aromatic carboxylic acids is 1. The van der Waals surface area contributed by atoms with Gasteiger partial charge in [-0.15, -0.1) is 0 Å². The molecule has 0 saturated carbocycles. The summed E-state index contributed by atoms with van der Waals surface area (Å²) in [5.41, 5.74) is 0.329. The molecule has 0 spiro atoms. The summed E-state index contributed by atoms with van der Waals surface area (Å²) in [6.45, 7) is 7.52. The molecule has 0 aliphatic carbocycles. The van der Waals surface area contributed by atoms with Crippen molar-refractivity contribution in [1.82, 2.24) is 9.47 Å². The van der Waals surface area contributed by atoms with Crippen LogP contribution in [0.2, 0.25) is 0 Å². The van der Waals surface area contributed by atoms with Crippen molar-refractivity contribution in [3.8, 4) is 0 Å². The van der Waals surface area contributed by atoms with Crippen LogP contribution < -0.4 is 0 Å². The summed E-state index contributed by atoms with van der Waals surface area (Å²) in [5, 5.41) is 9.17. The molecule has 1 saturated heterocycles. The summed E-state index contributed by atoms with van der Waals surface area (Å²) in [7, 11) is 0. The Morgan fingerprint density at radius 2 is 1.86 bits per heavy atom. The van der Waals surface area contributed by atoms with Gasteiger partial charge in [0, 0.05) is 31.2 Å². The Morgan fingerprint density at radius 1 is 1.24 bits per heavy atom. The third kappa shape index (κ3) is 3.28. The average molecular weight is 292 g/mol. The molecule has 0 aromatic carbocycles. The van der Waals surface area contributed by atoms with Gasteiger partial charge < -0.3 is 14.6 Å². The van der Waals surface area contributed by atoms with Crippen molar-refractivity contribution in [2.24, 2.45) is 11.8 Å². The first kappa shape index (κ1) is 15.6. The molecule has 1 aromatic rings. The molecule has 0 bridgehead atoms. The van der Waals surface area contributed by atoms with Gasteiger partial charge in [0.2, 0.25) is 5.91 Å². The van der Waals surface area contributed by atoms with Gasteiger partial charge in [0.1, 0.15) is 5.69 Å². The van der Waals surface area contributed by atoms with Crippen LogP contribution in [0.3, 0.4) is 0 Å². The molecule has 21 heavy (non-hydrogen) atoms. The van der Waals surface area contributed by atoms with Crippen LogP contribution in [-0.2, 0) is 4.79 Å². The molecule has 116 valence electrons. The second-order valence-electron chi connectivity index (χ2n) is 6.20. The minimum absolute atomic E-state index is 0.0442. The highest BCUT2D eigenvalue weighted by atomic mass is 16.4. The fraction of sp³-hybridized carbons (Fsp3) is 0.625. The maximum absolute atomic E-state index is 12.3. The molecule has 1 N–H and O–H groups in total. The molecule has 1 amide bonds. The van der Waals surface area contributed by atoms with Crippen molar-refractivity contribution in [3.63, 3.8) is 0 Å². The number of likely N-dealkylation sites (tertiary alicyclic amines) is 1. The summed E-state index contributed by atoms with van der Waals surface area (Å²) in [5.74, 6) is -0.289. The molecule has 2 heterocycles. The zero-order valence-corrected chi connectivity index (χ0v) is 13.0. The van der Waals surface area contributed by atoms with E-state index >= 15 is 0 Å². The van der Waals surface area contributed by atoms with Crippen LogP contribution in [0.15, 0.2) is 18.3 Å². The van der Waals surface area contributed by atoms with Crippen molar-refractivity contribution < 1.29 is 14.7 Å². The Kier molecular flexibility index (Phi) is 4.70. The van der Waals surface area contributed by atoms with Crippen molar-refractivity contribution >= 4 is 11.9 Å². The van der Waals surface area contributed by atoms with Gasteiger partial charge in [-0.05, 0) is 30.9 Å². The monoisotopic (exact) mass is 292 g/mol. The number of nitrogens with zero attached hydrogens (tertiary/aromatic N) is 2. The predicted octanol–water partition coefficient (Wildman–Crippen LogP) is 2.64. The minimum Gasteiger partial charge on any atom is -0.477 e. The Hall–Kier alpha value is -1.78. The van der Waals surface area contributed by atoms with E-state index in [9.17, 15) is 14.7 Å². The molecule has 2 rings (SSSR count). The number of amides is 1. The van der Waals surface area contributed by atoms with E-state index < -0.39 is 5.97 Å². The summed E-state index contributed by atoms with van der Waals surface area (Å²) in [6, 6.07) is 3.56. The topological polar surface area (TPSA) is 62.5 Å². The van der Waals surface area contributed by atoms with E-state index in [1.54, 1.807) is 12.1 Å². The van der Waals surface area contributed by atoms with Gasteiger partial charge in [0.05, 0.1) is 0 Å². The number of hydrogen-bond acceptors (Lipinski definition) is 2. The number of aromatic nitrogens is 1. The maximum Gasteiger partial charge on any atom is 0.352 e. The number of carboxylic acids is 1. The van der Waals surface area contributed by atoms with E-state index in [0.29, 0.717) is 24.7 Å². The summed E-state index contributed by atoms with van der Waals surface area (Å²) in [4.78, 5) is 25.4. The van der Waals surface area contributed by atoms with Gasteiger partial charge >= 0.3 is 5.97 Å². The second kappa shape index (κ2) is 6.33. The van der Waals surface area contributed by atoms with Crippen LogP contribution in [0.4, 0.5) is 0 Å². The molecule has 1 unspecified atom stereocenters. The lowest BCUT2D eigenvalue weighted by Gasteiger charge is -2.35. The maximum atomic E-state index is 12.3. The van der Waals surface area contributed by atoms with Gasteiger partial charge in [0.15, 0.2) is 0 Å². The average Bonchev–Trinajstić information content (AvgIpc) is 2.95. The second-order valence-corrected chi connectivity index (χ2v) is 6.20. The van der Waals surface area contributed by atoms with Crippen LogP contribution in [0, 0.1) is 11.8 Å². The predicted molar refractivity (Wildman–Crippen MR) is 80.2 cm³/mol. The molecular weight excluding hydrogens is 268 g/mol. The van der Waals surface area contributed by atoms with E-state index in [1.807, 2.05) is 22.6 Å². The largest absolute Gasteiger partial charge is 0.477 e. The summed E-state index contributed by atoms with van der Waals surface area (Å²) < 4.78 is 1.83. The van der Waals surface area contributed by atoms with E-state index in [2.05, 4.69) is 13.8 Å². The lowest BCUT2D eigenvalue weighted by molar-refractivity contribution is -0.137. The third-order valence-corrected chi connectivity index (χ3v) is 4.56. The minimum atomic E-state index is -0.896. The van der Waals surface area contributed by atoms with E-state index in [-0.39, 0.29) is 17.9 Å². The van der Waals surface area contributed by atoms with E-state index in [1.165, 1.54) is 0 Å². The Labute approximate surface area is 125 Å².